The van der Waals surface area contributed by atoms with Crippen molar-refractivity contribution in [3.8, 4) is 5.75 Å². The van der Waals surface area contributed by atoms with Crippen LogP contribution in [-0.2, 0) is 11.2 Å². The number of nitrogens with one attached hydrogen (secondary N) is 1. The maximum atomic E-state index is 12.3. The second kappa shape index (κ2) is 7.29. The first kappa shape index (κ1) is 16.8. The smallest absolute Gasteiger partial charge is 0.226 e. The van der Waals surface area contributed by atoms with Gasteiger partial charge in [-0.25, -0.2) is 4.98 Å². The summed E-state index contributed by atoms with van der Waals surface area (Å²) in [6, 6.07) is 9.83. The molecule has 3 aromatic rings. The van der Waals surface area contributed by atoms with Gasteiger partial charge in [-0.2, -0.15) is 0 Å². The number of nitrogens with zero attached hydrogens (tertiary/aromatic N) is 3. The van der Waals surface area contributed by atoms with Crippen molar-refractivity contribution in [2.24, 2.45) is 5.92 Å². The standard InChI is InChI=1S/C19H20N4O2S/c1-25-15-2-3-16-17(10-15)26-19(22-16)23-11-14(12-23)18(24)21-9-6-13-4-7-20-8-5-13/h2-5,7-8,10,14H,6,9,11-12H2,1H3,(H,21,24). The largest absolute Gasteiger partial charge is 0.497 e. The number of aromatic nitrogens is 2. The summed E-state index contributed by atoms with van der Waals surface area (Å²) >= 11 is 1.64. The number of anilines is 1. The summed E-state index contributed by atoms with van der Waals surface area (Å²) in [5.41, 5.74) is 2.15. The van der Waals surface area contributed by atoms with Crippen molar-refractivity contribution >= 4 is 32.6 Å². The molecular weight excluding hydrogens is 348 g/mol. The number of methoxy groups -OCH3 is 1. The van der Waals surface area contributed by atoms with Gasteiger partial charge in [-0.05, 0) is 42.3 Å². The Hall–Kier alpha value is -2.67. The number of amides is 1. The third kappa shape index (κ3) is 3.48. The number of fused-ring (bicyclic) bond motifs is 1. The number of carbonyl (C=O) groups excluding carboxylic acids is 1. The molecule has 4 rings (SSSR count). The molecule has 1 amide bonds. The SMILES string of the molecule is COc1ccc2nc(N3CC(C(=O)NCCc4ccncc4)C3)sc2c1. The Bertz CT molecular complexity index is 906. The molecule has 0 spiro atoms. The molecule has 1 N–H and O–H groups in total. The van der Waals surface area contributed by atoms with E-state index in [-0.39, 0.29) is 11.8 Å². The quantitative estimate of drug-likeness (QED) is 0.724. The first-order valence-electron chi connectivity index (χ1n) is 8.59. The minimum absolute atomic E-state index is 0.0361. The number of benzene rings is 1. The average molecular weight is 368 g/mol. The lowest BCUT2D eigenvalue weighted by Crippen LogP contribution is -2.54. The number of hydrogen-bond donors (Lipinski definition) is 1. The second-order valence-electron chi connectivity index (χ2n) is 6.33. The summed E-state index contributed by atoms with van der Waals surface area (Å²) < 4.78 is 6.36. The van der Waals surface area contributed by atoms with Gasteiger partial charge in [0.15, 0.2) is 5.13 Å². The topological polar surface area (TPSA) is 67.3 Å². The zero-order valence-electron chi connectivity index (χ0n) is 14.5. The molecular formula is C19H20N4O2S. The molecule has 0 bridgehead atoms. The molecule has 0 saturated carbocycles. The Morgan fingerprint density at radius 3 is 2.88 bits per heavy atom. The van der Waals surface area contributed by atoms with Crippen molar-refractivity contribution in [1.29, 1.82) is 0 Å². The molecule has 0 unspecified atom stereocenters. The van der Waals surface area contributed by atoms with Gasteiger partial charge < -0.3 is 15.0 Å². The number of carbonyl (C=O) groups is 1. The van der Waals surface area contributed by atoms with Crippen LogP contribution in [0.15, 0.2) is 42.7 Å². The van der Waals surface area contributed by atoms with Crippen LogP contribution in [0.5, 0.6) is 5.75 Å². The van der Waals surface area contributed by atoms with Crippen molar-refractivity contribution in [2.75, 3.05) is 31.6 Å². The van der Waals surface area contributed by atoms with Crippen molar-refractivity contribution in [3.05, 3.63) is 48.3 Å². The highest BCUT2D eigenvalue weighted by Gasteiger charge is 2.34. The van der Waals surface area contributed by atoms with Crippen molar-refractivity contribution in [1.82, 2.24) is 15.3 Å². The van der Waals surface area contributed by atoms with E-state index in [0.717, 1.165) is 40.6 Å². The fraction of sp³-hybridized carbons (Fsp3) is 0.316. The van der Waals surface area contributed by atoms with Crippen LogP contribution in [0.3, 0.4) is 0 Å². The Morgan fingerprint density at radius 2 is 2.12 bits per heavy atom. The van der Waals surface area contributed by atoms with E-state index in [0.29, 0.717) is 6.54 Å². The van der Waals surface area contributed by atoms with Crippen LogP contribution in [0, 0.1) is 5.92 Å². The zero-order valence-corrected chi connectivity index (χ0v) is 15.3. The van der Waals surface area contributed by atoms with Gasteiger partial charge in [-0.15, -0.1) is 0 Å². The van der Waals surface area contributed by atoms with Gasteiger partial charge >= 0.3 is 0 Å². The summed E-state index contributed by atoms with van der Waals surface area (Å²) in [6.07, 6.45) is 4.37. The molecule has 0 radical (unpaired) electrons. The third-order valence-electron chi connectivity index (χ3n) is 4.57. The van der Waals surface area contributed by atoms with Crippen LogP contribution in [0.2, 0.25) is 0 Å². The van der Waals surface area contributed by atoms with E-state index in [4.69, 9.17) is 4.74 Å². The molecule has 7 heteroatoms. The molecule has 6 nitrogen and oxygen atoms in total. The highest BCUT2D eigenvalue weighted by molar-refractivity contribution is 7.22. The number of ether oxygens (including phenoxy) is 1. The maximum absolute atomic E-state index is 12.3. The van der Waals surface area contributed by atoms with Gasteiger partial charge in [0.2, 0.25) is 5.91 Å². The minimum atomic E-state index is 0.0361. The zero-order chi connectivity index (χ0) is 17.9. The van der Waals surface area contributed by atoms with Crippen LogP contribution < -0.4 is 15.0 Å². The Labute approximate surface area is 155 Å². The fourth-order valence-corrected chi connectivity index (χ4v) is 3.99. The minimum Gasteiger partial charge on any atom is -0.497 e. The van der Waals surface area contributed by atoms with Crippen LogP contribution in [0.1, 0.15) is 5.56 Å². The van der Waals surface area contributed by atoms with E-state index in [1.807, 2.05) is 30.3 Å². The first-order valence-corrected chi connectivity index (χ1v) is 9.41. The Kier molecular flexibility index (Phi) is 4.71. The van der Waals surface area contributed by atoms with E-state index < -0.39 is 0 Å². The molecule has 0 atom stereocenters. The normalized spacial score (nSPS) is 14.3. The molecule has 1 fully saturated rings. The van der Waals surface area contributed by atoms with E-state index in [1.54, 1.807) is 30.8 Å². The average Bonchev–Trinajstić information content (AvgIpc) is 3.03. The molecule has 2 aromatic heterocycles. The number of rotatable bonds is 6. The summed E-state index contributed by atoms with van der Waals surface area (Å²) in [7, 11) is 1.66. The van der Waals surface area contributed by atoms with Crippen LogP contribution in [-0.4, -0.2) is 42.6 Å². The molecule has 1 saturated heterocycles. The fourth-order valence-electron chi connectivity index (χ4n) is 2.98. The van der Waals surface area contributed by atoms with Gasteiger partial charge in [-0.1, -0.05) is 11.3 Å². The molecule has 1 aliphatic heterocycles. The van der Waals surface area contributed by atoms with Gasteiger partial charge in [0.25, 0.3) is 0 Å². The van der Waals surface area contributed by atoms with Crippen LogP contribution in [0.25, 0.3) is 10.2 Å². The highest BCUT2D eigenvalue weighted by atomic mass is 32.1. The van der Waals surface area contributed by atoms with E-state index >= 15 is 0 Å². The first-order chi connectivity index (χ1) is 12.7. The van der Waals surface area contributed by atoms with E-state index in [2.05, 4.69) is 20.2 Å². The predicted octanol–water partition coefficient (Wildman–Crippen LogP) is 2.50. The lowest BCUT2D eigenvalue weighted by Gasteiger charge is -2.37. The van der Waals surface area contributed by atoms with Crippen molar-refractivity contribution in [2.45, 2.75) is 6.42 Å². The Balaban J connectivity index is 1.28. The summed E-state index contributed by atoms with van der Waals surface area (Å²) in [5, 5.41) is 3.99. The lowest BCUT2D eigenvalue weighted by molar-refractivity contribution is -0.125. The van der Waals surface area contributed by atoms with Crippen molar-refractivity contribution in [3.63, 3.8) is 0 Å². The molecule has 26 heavy (non-hydrogen) atoms. The van der Waals surface area contributed by atoms with Crippen molar-refractivity contribution < 1.29 is 9.53 Å². The maximum Gasteiger partial charge on any atom is 0.226 e. The molecule has 0 aliphatic carbocycles. The van der Waals surface area contributed by atoms with Gasteiger partial charge in [0, 0.05) is 32.0 Å². The van der Waals surface area contributed by atoms with Gasteiger partial charge in [0.1, 0.15) is 5.75 Å². The molecule has 3 heterocycles. The number of thiazole rings is 1. The summed E-state index contributed by atoms with van der Waals surface area (Å²) in [5.74, 6) is 0.995. The van der Waals surface area contributed by atoms with E-state index in [9.17, 15) is 4.79 Å². The van der Waals surface area contributed by atoms with Gasteiger partial charge in [0.05, 0.1) is 23.2 Å². The highest BCUT2D eigenvalue weighted by Crippen LogP contribution is 2.34. The number of pyridine rings is 1. The second-order valence-corrected chi connectivity index (χ2v) is 7.34. The van der Waals surface area contributed by atoms with Crippen LogP contribution in [0.4, 0.5) is 5.13 Å². The molecule has 1 aliphatic rings. The molecule has 1 aromatic carbocycles. The number of hydrogen-bond acceptors (Lipinski definition) is 6. The summed E-state index contributed by atoms with van der Waals surface area (Å²) in [6.45, 7) is 2.09. The van der Waals surface area contributed by atoms with Gasteiger partial charge in [-0.3, -0.25) is 9.78 Å². The Morgan fingerprint density at radius 1 is 1.31 bits per heavy atom. The molecule has 134 valence electrons. The predicted molar refractivity (Wildman–Crippen MR) is 103 cm³/mol. The lowest BCUT2D eigenvalue weighted by atomic mass is 10.00. The third-order valence-corrected chi connectivity index (χ3v) is 5.65. The van der Waals surface area contributed by atoms with E-state index in [1.165, 1.54) is 5.56 Å². The summed E-state index contributed by atoms with van der Waals surface area (Å²) in [4.78, 5) is 23.1. The monoisotopic (exact) mass is 368 g/mol. The van der Waals surface area contributed by atoms with Crippen LogP contribution >= 0.6 is 11.3 Å².